The largest absolute Gasteiger partial charge is 0.494 e. The first-order valence-corrected chi connectivity index (χ1v) is 11.6. The first kappa shape index (κ1) is 24.7. The lowest BCUT2D eigenvalue weighted by atomic mass is 10.1. The van der Waals surface area contributed by atoms with Crippen LogP contribution in [-0.4, -0.2) is 41.3 Å². The van der Waals surface area contributed by atoms with Crippen LogP contribution in [0.15, 0.2) is 54.6 Å². The smallest absolute Gasteiger partial charge is 0.338 e. The molecule has 1 saturated heterocycles. The minimum absolute atomic E-state index is 0.122. The Labute approximate surface area is 208 Å². The van der Waals surface area contributed by atoms with E-state index in [4.69, 9.17) is 9.47 Å². The molecule has 1 aromatic heterocycles. The number of aromatic nitrogens is 1. The van der Waals surface area contributed by atoms with Gasteiger partial charge in [0, 0.05) is 35.5 Å². The summed E-state index contributed by atoms with van der Waals surface area (Å²) in [6, 6.07) is 15.4. The third kappa shape index (κ3) is 5.14. The molecule has 36 heavy (non-hydrogen) atoms. The average Bonchev–Trinajstić information content (AvgIpc) is 3.18. The zero-order valence-corrected chi connectivity index (χ0v) is 20.4. The van der Waals surface area contributed by atoms with Gasteiger partial charge in [-0.2, -0.15) is 0 Å². The van der Waals surface area contributed by atoms with Gasteiger partial charge in [-0.1, -0.05) is 0 Å². The molecule has 0 spiro atoms. The van der Waals surface area contributed by atoms with Crippen LogP contribution < -0.4 is 15.2 Å². The summed E-state index contributed by atoms with van der Waals surface area (Å²) in [5, 5.41) is 1.16. The molecule has 1 aliphatic heterocycles. The summed E-state index contributed by atoms with van der Waals surface area (Å²) in [6.07, 6.45) is 0.271. The van der Waals surface area contributed by atoms with Gasteiger partial charge in [-0.05, 0) is 75.4 Å². The molecule has 0 bridgehead atoms. The molecule has 0 aliphatic carbocycles. The molecule has 1 fully saturated rings. The van der Waals surface area contributed by atoms with Crippen LogP contribution in [0, 0.1) is 13.8 Å². The Balaban J connectivity index is 1.41. The number of Topliss-reactive ketones (excluding diaryl/α,β-unsaturated/α-hetero) is 1. The number of nitrogens with one attached hydrogen (secondary N) is 1. The number of aryl methyl sites for hydroxylation is 1. The summed E-state index contributed by atoms with van der Waals surface area (Å²) in [4.78, 5) is 49.0. The van der Waals surface area contributed by atoms with E-state index < -0.39 is 12.6 Å². The summed E-state index contributed by atoms with van der Waals surface area (Å²) in [7, 11) is 0. The molecular formula is C27H27N3O6. The van der Waals surface area contributed by atoms with Crippen LogP contribution in [0.1, 0.15) is 51.9 Å². The number of esters is 1. The number of carbonyl (C=O) groups is 4. The van der Waals surface area contributed by atoms with Crippen LogP contribution in [0.2, 0.25) is 0 Å². The maximum absolute atomic E-state index is 12.9. The number of hydrogen-bond acceptors (Lipinski definition) is 6. The number of carbonyl (C=O) groups excluding carboxylic acids is 4. The third-order valence-corrected chi connectivity index (χ3v) is 5.88. The van der Waals surface area contributed by atoms with Crippen LogP contribution in [0.5, 0.6) is 5.75 Å². The number of anilines is 1. The standard InChI is InChI=1S/C27H27N3O6/c1-4-35-22-11-9-20(10-12-22)29-17(2)15-23(18(29)3)24(31)16-36-27(34)19-5-7-21(8-6-19)30-26(33)14-13-25(32)28-30/h5-12,15H,4,13-14,16H2,1-3H3,(H,28,32). The van der Waals surface area contributed by atoms with Gasteiger partial charge in [0.1, 0.15) is 5.75 Å². The summed E-state index contributed by atoms with van der Waals surface area (Å²) >= 11 is 0. The molecule has 9 heteroatoms. The lowest BCUT2D eigenvalue weighted by Gasteiger charge is -2.27. The molecule has 4 rings (SSSR count). The zero-order valence-electron chi connectivity index (χ0n) is 20.4. The summed E-state index contributed by atoms with van der Waals surface area (Å²) < 4.78 is 12.7. The van der Waals surface area contributed by atoms with E-state index in [1.807, 2.05) is 49.6 Å². The molecule has 3 aromatic rings. The molecule has 0 radical (unpaired) electrons. The van der Waals surface area contributed by atoms with E-state index in [1.54, 1.807) is 6.07 Å². The van der Waals surface area contributed by atoms with Gasteiger partial charge in [0.2, 0.25) is 17.6 Å². The number of ketones is 1. The quantitative estimate of drug-likeness (QED) is 0.382. The first-order valence-electron chi connectivity index (χ1n) is 11.6. The summed E-state index contributed by atoms with van der Waals surface area (Å²) in [5.41, 5.74) is 6.15. The second kappa shape index (κ2) is 10.5. The van der Waals surface area contributed by atoms with Crippen molar-refractivity contribution < 1.29 is 28.7 Å². The van der Waals surface area contributed by atoms with Crippen LogP contribution in [0.3, 0.4) is 0 Å². The molecule has 2 amide bonds. The number of rotatable bonds is 8. The Hall–Kier alpha value is -4.40. The number of hydrazine groups is 1. The fourth-order valence-electron chi connectivity index (χ4n) is 4.12. The van der Waals surface area contributed by atoms with Gasteiger partial charge in [-0.25, -0.2) is 9.80 Å². The molecule has 2 heterocycles. The predicted molar refractivity (Wildman–Crippen MR) is 132 cm³/mol. The van der Waals surface area contributed by atoms with E-state index in [0.29, 0.717) is 17.9 Å². The van der Waals surface area contributed by atoms with Crippen molar-refractivity contribution >= 4 is 29.3 Å². The molecular weight excluding hydrogens is 462 g/mol. The second-order valence-electron chi connectivity index (χ2n) is 8.36. The molecule has 1 aliphatic rings. The summed E-state index contributed by atoms with van der Waals surface area (Å²) in [6.45, 7) is 5.85. The molecule has 186 valence electrons. The zero-order chi connectivity index (χ0) is 25.8. The Morgan fingerprint density at radius 3 is 2.28 bits per heavy atom. The van der Waals surface area contributed by atoms with E-state index in [0.717, 1.165) is 27.8 Å². The minimum atomic E-state index is -0.663. The highest BCUT2D eigenvalue weighted by Gasteiger charge is 2.25. The van der Waals surface area contributed by atoms with Crippen LogP contribution in [0.4, 0.5) is 5.69 Å². The second-order valence-corrected chi connectivity index (χ2v) is 8.36. The van der Waals surface area contributed by atoms with Gasteiger partial charge in [0.15, 0.2) is 6.61 Å². The normalized spacial score (nSPS) is 13.4. The van der Waals surface area contributed by atoms with Crippen molar-refractivity contribution in [3.05, 3.63) is 77.1 Å². The van der Waals surface area contributed by atoms with Gasteiger partial charge >= 0.3 is 5.97 Å². The van der Waals surface area contributed by atoms with Crippen molar-refractivity contribution in [2.75, 3.05) is 18.2 Å². The first-order chi connectivity index (χ1) is 17.3. The number of benzene rings is 2. The van der Waals surface area contributed by atoms with Gasteiger partial charge in [-0.15, -0.1) is 0 Å². The van der Waals surface area contributed by atoms with Crippen LogP contribution in [0.25, 0.3) is 5.69 Å². The topological polar surface area (TPSA) is 107 Å². The van der Waals surface area contributed by atoms with Crippen molar-refractivity contribution in [1.82, 2.24) is 9.99 Å². The highest BCUT2D eigenvalue weighted by Crippen LogP contribution is 2.24. The molecule has 0 unspecified atom stereocenters. The molecule has 1 N–H and O–H groups in total. The monoisotopic (exact) mass is 489 g/mol. The number of hydrogen-bond donors (Lipinski definition) is 1. The van der Waals surface area contributed by atoms with Gasteiger partial charge in [0.05, 0.1) is 17.9 Å². The van der Waals surface area contributed by atoms with Crippen molar-refractivity contribution in [1.29, 1.82) is 0 Å². The number of amides is 2. The van der Waals surface area contributed by atoms with Crippen molar-refractivity contribution in [2.45, 2.75) is 33.6 Å². The Bertz CT molecular complexity index is 1310. The fraction of sp³-hybridized carbons (Fsp3) is 0.259. The minimum Gasteiger partial charge on any atom is -0.494 e. The fourth-order valence-corrected chi connectivity index (χ4v) is 4.12. The van der Waals surface area contributed by atoms with Gasteiger partial charge in [-0.3, -0.25) is 19.8 Å². The van der Waals surface area contributed by atoms with E-state index in [2.05, 4.69) is 5.43 Å². The van der Waals surface area contributed by atoms with E-state index >= 15 is 0 Å². The maximum atomic E-state index is 12.9. The van der Waals surface area contributed by atoms with Crippen molar-refractivity contribution in [2.24, 2.45) is 0 Å². The third-order valence-electron chi connectivity index (χ3n) is 5.88. The highest BCUT2D eigenvalue weighted by molar-refractivity contribution is 6.02. The average molecular weight is 490 g/mol. The number of ether oxygens (including phenoxy) is 2. The van der Waals surface area contributed by atoms with Crippen LogP contribution >= 0.6 is 0 Å². The molecule has 0 saturated carbocycles. The highest BCUT2D eigenvalue weighted by atomic mass is 16.5. The predicted octanol–water partition coefficient (Wildman–Crippen LogP) is 3.69. The number of nitrogens with zero attached hydrogens (tertiary/aromatic N) is 2. The Morgan fingerprint density at radius 2 is 1.61 bits per heavy atom. The SMILES string of the molecule is CCOc1ccc(-n2c(C)cc(C(=O)COC(=O)c3ccc(N4NC(=O)CCC4=O)cc3)c2C)cc1. The van der Waals surface area contributed by atoms with E-state index in [1.165, 1.54) is 24.3 Å². The lowest BCUT2D eigenvalue weighted by molar-refractivity contribution is -0.130. The summed E-state index contributed by atoms with van der Waals surface area (Å²) in [5.74, 6) is -0.694. The van der Waals surface area contributed by atoms with E-state index in [9.17, 15) is 19.2 Å². The van der Waals surface area contributed by atoms with Crippen molar-refractivity contribution in [3.8, 4) is 11.4 Å². The van der Waals surface area contributed by atoms with Gasteiger partial charge < -0.3 is 14.0 Å². The van der Waals surface area contributed by atoms with E-state index in [-0.39, 0.29) is 36.0 Å². The molecule has 9 nitrogen and oxygen atoms in total. The van der Waals surface area contributed by atoms with Gasteiger partial charge in [0.25, 0.3) is 0 Å². The molecule has 2 aromatic carbocycles. The van der Waals surface area contributed by atoms with Crippen molar-refractivity contribution in [3.63, 3.8) is 0 Å². The molecule has 0 atom stereocenters. The Morgan fingerprint density at radius 1 is 0.944 bits per heavy atom. The van der Waals surface area contributed by atoms with Crippen LogP contribution in [-0.2, 0) is 14.3 Å². The Kier molecular flexibility index (Phi) is 7.19. The lowest BCUT2D eigenvalue weighted by Crippen LogP contribution is -2.50. The maximum Gasteiger partial charge on any atom is 0.338 e.